The van der Waals surface area contributed by atoms with Crippen LogP contribution in [0.25, 0.3) is 22.6 Å². The summed E-state index contributed by atoms with van der Waals surface area (Å²) >= 11 is 0. The van der Waals surface area contributed by atoms with E-state index in [1.54, 1.807) is 0 Å². The van der Waals surface area contributed by atoms with E-state index in [9.17, 15) is 35.1 Å². The molecule has 0 radical (unpaired) electrons. The smallest absolute Gasteiger partial charge is 0.417 e. The Morgan fingerprint density at radius 2 is 1.80 bits per heavy atom. The van der Waals surface area contributed by atoms with Gasteiger partial charge in [-0.3, -0.25) is 5.01 Å². The summed E-state index contributed by atoms with van der Waals surface area (Å²) in [6.45, 7) is -0.245. The summed E-state index contributed by atoms with van der Waals surface area (Å²) in [7, 11) is 0. The third-order valence-electron chi connectivity index (χ3n) is 6.04. The fourth-order valence-electron chi connectivity index (χ4n) is 4.15. The van der Waals surface area contributed by atoms with Gasteiger partial charge in [-0.05, 0) is 36.8 Å². The molecule has 15 heteroatoms. The third kappa shape index (κ3) is 6.49. The van der Waals surface area contributed by atoms with E-state index < -0.39 is 49.0 Å². The van der Waals surface area contributed by atoms with Crippen LogP contribution in [-0.4, -0.2) is 39.1 Å². The van der Waals surface area contributed by atoms with Gasteiger partial charge in [0.2, 0.25) is 0 Å². The number of hydrogen-bond acceptors (Lipinski definition) is 6. The second kappa shape index (κ2) is 10.9. The molecule has 2 aromatic carbocycles. The Morgan fingerprint density at radius 1 is 1.00 bits per heavy atom. The van der Waals surface area contributed by atoms with Gasteiger partial charge < -0.3 is 14.2 Å². The normalized spacial score (nSPS) is 13.5. The number of benzene rings is 2. The predicted molar refractivity (Wildman–Crippen MR) is 129 cm³/mol. The monoisotopic (exact) mass is 585 g/mol. The van der Waals surface area contributed by atoms with Crippen molar-refractivity contribution in [3.63, 3.8) is 0 Å². The van der Waals surface area contributed by atoms with Crippen LogP contribution < -0.4 is 4.74 Å². The topological polar surface area (TPSA) is 79.5 Å². The van der Waals surface area contributed by atoms with Gasteiger partial charge in [-0.2, -0.15) is 31.4 Å². The Balaban J connectivity index is 1.28. The summed E-state index contributed by atoms with van der Waals surface area (Å²) in [6.07, 6.45) is -9.33. The number of hydrogen-bond donors (Lipinski definition) is 1. The lowest BCUT2D eigenvalue weighted by molar-refractivity contribution is -0.137. The molecule has 0 saturated carbocycles. The third-order valence-corrected chi connectivity index (χ3v) is 6.04. The predicted octanol–water partition coefficient (Wildman–Crippen LogP) is 7.10. The Morgan fingerprint density at radius 3 is 2.56 bits per heavy atom. The molecule has 1 aliphatic rings. The number of ether oxygens (including phenoxy) is 1. The first-order valence-corrected chi connectivity index (χ1v) is 12.1. The molecular weight excluding hydrogens is 566 g/mol. The highest BCUT2D eigenvalue weighted by Crippen LogP contribution is 2.39. The van der Waals surface area contributed by atoms with E-state index in [0.29, 0.717) is 17.5 Å². The molecular formula is C26H19F8N5O2. The number of nitrogens with one attached hydrogen (secondary N) is 1. The SMILES string of the molecule is Fc1cccc(-c2nc3c([nH]2)CN(Cc2cc(-c4ccc(OCCCC(F)(F)F)cc4C(F)(F)F)no2)N=C3)c1F. The lowest BCUT2D eigenvalue weighted by Gasteiger charge is -2.19. The molecule has 0 bridgehead atoms. The molecule has 7 nitrogen and oxygen atoms in total. The van der Waals surface area contributed by atoms with E-state index in [1.165, 1.54) is 35.5 Å². The van der Waals surface area contributed by atoms with Crippen LogP contribution in [-0.2, 0) is 19.3 Å². The molecule has 216 valence electrons. The minimum atomic E-state index is -4.81. The van der Waals surface area contributed by atoms with Crippen molar-refractivity contribution in [1.82, 2.24) is 20.1 Å². The van der Waals surface area contributed by atoms with Crippen molar-refractivity contribution in [2.75, 3.05) is 6.61 Å². The van der Waals surface area contributed by atoms with Crippen molar-refractivity contribution >= 4 is 6.21 Å². The Labute approximate surface area is 226 Å². The first kappa shape index (κ1) is 28.1. The van der Waals surface area contributed by atoms with Crippen molar-refractivity contribution in [3.05, 3.63) is 76.8 Å². The van der Waals surface area contributed by atoms with Crippen LogP contribution in [0.1, 0.15) is 35.6 Å². The van der Waals surface area contributed by atoms with Crippen LogP contribution in [0.3, 0.4) is 0 Å². The van der Waals surface area contributed by atoms with E-state index in [2.05, 4.69) is 20.2 Å². The fourth-order valence-corrected chi connectivity index (χ4v) is 4.15. The summed E-state index contributed by atoms with van der Waals surface area (Å²) in [5.41, 5.74) is -0.631. The zero-order chi connectivity index (χ0) is 29.4. The number of alkyl halides is 6. The van der Waals surface area contributed by atoms with Crippen molar-refractivity contribution in [3.8, 4) is 28.4 Å². The molecule has 5 rings (SSSR count). The van der Waals surface area contributed by atoms with Gasteiger partial charge in [-0.15, -0.1) is 0 Å². The number of fused-ring (bicyclic) bond motifs is 1. The summed E-state index contributed by atoms with van der Waals surface area (Å²) in [4.78, 5) is 7.17. The quantitative estimate of drug-likeness (QED) is 0.176. The lowest BCUT2D eigenvalue weighted by atomic mass is 10.0. The minimum Gasteiger partial charge on any atom is -0.494 e. The maximum absolute atomic E-state index is 14.2. The van der Waals surface area contributed by atoms with Gasteiger partial charge in [-0.25, -0.2) is 13.8 Å². The number of H-pyrrole nitrogens is 1. The molecule has 1 aliphatic heterocycles. The standard InChI is InChI=1S/C26H19F8N5O2/c27-19-4-1-3-17(23(19)28)24-36-21-11-35-39(13-22(21)37-24)12-15-10-20(38-41-15)16-6-5-14(9-18(16)26(32,33)34)40-8-2-7-25(29,30)31/h1,3-6,9-11H,2,7-8,12-13H2,(H,36,37). The minimum absolute atomic E-state index is 0.00731. The largest absolute Gasteiger partial charge is 0.494 e. The molecule has 0 atom stereocenters. The van der Waals surface area contributed by atoms with E-state index in [4.69, 9.17) is 9.26 Å². The van der Waals surface area contributed by atoms with Crippen molar-refractivity contribution < 1.29 is 44.4 Å². The maximum atomic E-state index is 14.2. The highest BCUT2D eigenvalue weighted by atomic mass is 19.4. The second-order valence-electron chi connectivity index (χ2n) is 9.07. The maximum Gasteiger partial charge on any atom is 0.417 e. The van der Waals surface area contributed by atoms with E-state index in [1.807, 2.05) is 0 Å². The number of aromatic nitrogens is 3. The first-order chi connectivity index (χ1) is 19.4. The van der Waals surface area contributed by atoms with E-state index in [-0.39, 0.29) is 47.2 Å². The van der Waals surface area contributed by atoms with Crippen LogP contribution >= 0.6 is 0 Å². The molecule has 2 aromatic heterocycles. The Bertz CT molecular complexity index is 1570. The molecule has 0 saturated heterocycles. The number of hydrazone groups is 1. The van der Waals surface area contributed by atoms with Crippen LogP contribution in [0.4, 0.5) is 35.1 Å². The molecule has 4 aromatic rings. The molecule has 41 heavy (non-hydrogen) atoms. The van der Waals surface area contributed by atoms with Gasteiger partial charge >= 0.3 is 12.4 Å². The first-order valence-electron chi connectivity index (χ1n) is 12.1. The molecule has 0 amide bonds. The van der Waals surface area contributed by atoms with Crippen LogP contribution in [0.15, 0.2) is 52.1 Å². The van der Waals surface area contributed by atoms with Crippen molar-refractivity contribution in [2.45, 2.75) is 38.3 Å². The number of rotatable bonds is 8. The summed E-state index contributed by atoms with van der Waals surface area (Å²) in [5.74, 6) is -2.03. The number of aromatic amines is 1. The van der Waals surface area contributed by atoms with Crippen LogP contribution in [0, 0.1) is 11.6 Å². The van der Waals surface area contributed by atoms with E-state index in [0.717, 1.165) is 12.1 Å². The van der Waals surface area contributed by atoms with E-state index >= 15 is 0 Å². The molecule has 0 fully saturated rings. The fraction of sp³-hybridized carbons (Fsp3) is 0.269. The van der Waals surface area contributed by atoms with Crippen molar-refractivity contribution in [2.24, 2.45) is 5.10 Å². The average molecular weight is 585 g/mol. The van der Waals surface area contributed by atoms with Gasteiger partial charge in [0.25, 0.3) is 0 Å². The molecule has 1 N–H and O–H groups in total. The van der Waals surface area contributed by atoms with Gasteiger partial charge in [0.15, 0.2) is 17.4 Å². The number of halogens is 8. The zero-order valence-electron chi connectivity index (χ0n) is 20.8. The molecule has 0 spiro atoms. The van der Waals surface area contributed by atoms with Gasteiger partial charge in [-0.1, -0.05) is 11.2 Å². The molecule has 0 unspecified atom stereocenters. The zero-order valence-corrected chi connectivity index (χ0v) is 20.8. The highest BCUT2D eigenvalue weighted by Gasteiger charge is 2.35. The Kier molecular flexibility index (Phi) is 7.44. The van der Waals surface area contributed by atoms with Crippen molar-refractivity contribution in [1.29, 1.82) is 0 Å². The van der Waals surface area contributed by atoms with Crippen LogP contribution in [0.2, 0.25) is 0 Å². The highest BCUT2D eigenvalue weighted by molar-refractivity contribution is 5.80. The van der Waals surface area contributed by atoms with Gasteiger partial charge in [0.05, 0.1) is 42.7 Å². The second-order valence-corrected chi connectivity index (χ2v) is 9.07. The average Bonchev–Trinajstić information content (AvgIpc) is 3.54. The van der Waals surface area contributed by atoms with Crippen LogP contribution in [0.5, 0.6) is 5.75 Å². The summed E-state index contributed by atoms with van der Waals surface area (Å²) in [6, 6.07) is 8.02. The summed E-state index contributed by atoms with van der Waals surface area (Å²) < 4.78 is 116. The Hall–Kier alpha value is -4.43. The molecule has 3 heterocycles. The van der Waals surface area contributed by atoms with Gasteiger partial charge in [0, 0.05) is 18.1 Å². The lowest BCUT2D eigenvalue weighted by Crippen LogP contribution is -2.21. The number of imidazole rings is 1. The van der Waals surface area contributed by atoms with Gasteiger partial charge in [0.1, 0.15) is 23.0 Å². The molecule has 0 aliphatic carbocycles. The number of nitrogens with zero attached hydrogens (tertiary/aromatic N) is 4. The summed E-state index contributed by atoms with van der Waals surface area (Å²) in [5, 5.41) is 9.46.